The van der Waals surface area contributed by atoms with E-state index in [2.05, 4.69) is 20.1 Å². The summed E-state index contributed by atoms with van der Waals surface area (Å²) in [5, 5.41) is 3.92. The Hall–Kier alpha value is -3.53. The molecule has 2 aromatic carbocycles. The van der Waals surface area contributed by atoms with E-state index in [1.165, 1.54) is 25.6 Å². The average Bonchev–Trinajstić information content (AvgIpc) is 3.19. The van der Waals surface area contributed by atoms with Gasteiger partial charge in [-0.3, -0.25) is 4.68 Å². The van der Waals surface area contributed by atoms with Crippen LogP contribution in [0.1, 0.15) is 18.9 Å². The fraction of sp³-hybridized carbons (Fsp3) is 0.200. The molecule has 2 N–H and O–H groups in total. The summed E-state index contributed by atoms with van der Waals surface area (Å²) < 4.78 is 41.6. The van der Waals surface area contributed by atoms with Gasteiger partial charge in [-0.2, -0.15) is 5.10 Å². The molecule has 8 nitrogen and oxygen atoms in total. The zero-order valence-electron chi connectivity index (χ0n) is 16.7. The number of nitrogens with zero attached hydrogens (tertiary/aromatic N) is 5. The van der Waals surface area contributed by atoms with Gasteiger partial charge >= 0.3 is 0 Å². The first-order chi connectivity index (χ1) is 14.8. The van der Waals surface area contributed by atoms with Gasteiger partial charge < -0.3 is 15.2 Å². The van der Waals surface area contributed by atoms with Crippen LogP contribution in [0.2, 0.25) is 5.02 Å². The number of hydrogen-bond acceptors (Lipinski definition) is 7. The van der Waals surface area contributed by atoms with Crippen molar-refractivity contribution in [2.45, 2.75) is 13.0 Å². The van der Waals surface area contributed by atoms with E-state index in [4.69, 9.17) is 26.8 Å². The van der Waals surface area contributed by atoms with Crippen LogP contribution in [0.3, 0.4) is 0 Å². The van der Waals surface area contributed by atoms with Crippen LogP contribution in [-0.4, -0.2) is 31.8 Å². The fourth-order valence-electron chi connectivity index (χ4n) is 3.20. The van der Waals surface area contributed by atoms with E-state index in [-0.39, 0.29) is 34.0 Å². The minimum absolute atomic E-state index is 0.0267. The van der Waals surface area contributed by atoms with Crippen LogP contribution in [0.25, 0.3) is 22.0 Å². The van der Waals surface area contributed by atoms with Crippen LogP contribution < -0.4 is 15.2 Å². The molecule has 0 bridgehead atoms. The molecule has 0 fully saturated rings. The SMILES string of the molecule is COc1cc(-c2ccc(F)c(Cl)c2F)c2ncnc(N)c2c1O[C@@H](C)c1ncn(C)n1. The van der Waals surface area contributed by atoms with E-state index in [9.17, 15) is 8.78 Å². The number of fused-ring (bicyclic) bond motifs is 1. The highest BCUT2D eigenvalue weighted by Gasteiger charge is 2.24. The Morgan fingerprint density at radius 1 is 1.16 bits per heavy atom. The third kappa shape index (κ3) is 3.59. The van der Waals surface area contributed by atoms with E-state index in [1.54, 1.807) is 25.0 Å². The van der Waals surface area contributed by atoms with Gasteiger partial charge in [-0.05, 0) is 25.1 Å². The topological polar surface area (TPSA) is 101 Å². The van der Waals surface area contributed by atoms with Gasteiger partial charge in [0.25, 0.3) is 0 Å². The van der Waals surface area contributed by atoms with E-state index in [0.717, 1.165) is 6.07 Å². The zero-order chi connectivity index (χ0) is 22.3. The quantitative estimate of drug-likeness (QED) is 0.461. The third-order valence-electron chi connectivity index (χ3n) is 4.68. The van der Waals surface area contributed by atoms with Crippen LogP contribution in [0.5, 0.6) is 11.5 Å². The number of halogens is 3. The second-order valence-electron chi connectivity index (χ2n) is 6.70. The maximum atomic E-state index is 14.8. The van der Waals surface area contributed by atoms with Crippen molar-refractivity contribution < 1.29 is 18.3 Å². The normalized spacial score (nSPS) is 12.2. The molecule has 11 heteroatoms. The number of methoxy groups -OCH3 is 1. The summed E-state index contributed by atoms with van der Waals surface area (Å²) in [6, 6.07) is 3.86. The number of rotatable bonds is 5. The molecule has 31 heavy (non-hydrogen) atoms. The second kappa shape index (κ2) is 7.95. The van der Waals surface area contributed by atoms with E-state index >= 15 is 0 Å². The summed E-state index contributed by atoms with van der Waals surface area (Å²) >= 11 is 5.78. The number of aromatic nitrogens is 5. The van der Waals surface area contributed by atoms with Crippen molar-refractivity contribution in [2.24, 2.45) is 7.05 Å². The molecule has 0 amide bonds. The van der Waals surface area contributed by atoms with Crippen molar-refractivity contribution in [2.75, 3.05) is 12.8 Å². The van der Waals surface area contributed by atoms with Crippen molar-refractivity contribution in [3.63, 3.8) is 0 Å². The number of anilines is 1. The second-order valence-corrected chi connectivity index (χ2v) is 7.08. The maximum absolute atomic E-state index is 14.8. The lowest BCUT2D eigenvalue weighted by molar-refractivity contribution is 0.209. The Morgan fingerprint density at radius 3 is 2.61 bits per heavy atom. The first kappa shape index (κ1) is 20.7. The Morgan fingerprint density at radius 2 is 1.94 bits per heavy atom. The summed E-state index contributed by atoms with van der Waals surface area (Å²) in [6.07, 6.45) is 2.22. The van der Waals surface area contributed by atoms with Crippen molar-refractivity contribution in [1.29, 1.82) is 0 Å². The maximum Gasteiger partial charge on any atom is 0.191 e. The number of nitrogen functional groups attached to an aromatic ring is 1. The monoisotopic (exact) mass is 446 g/mol. The predicted octanol–water partition coefficient (Wildman–Crippen LogP) is 4.09. The molecule has 0 aliphatic heterocycles. The molecular formula is C20H17ClF2N6O2. The minimum atomic E-state index is -0.929. The largest absolute Gasteiger partial charge is 0.493 e. The molecule has 0 radical (unpaired) electrons. The molecular weight excluding hydrogens is 430 g/mol. The molecule has 0 unspecified atom stereocenters. The van der Waals surface area contributed by atoms with Crippen LogP contribution >= 0.6 is 11.6 Å². The zero-order valence-corrected chi connectivity index (χ0v) is 17.5. The van der Waals surface area contributed by atoms with E-state index < -0.39 is 22.8 Å². The van der Waals surface area contributed by atoms with Gasteiger partial charge in [0.2, 0.25) is 0 Å². The first-order valence-corrected chi connectivity index (χ1v) is 9.46. The summed E-state index contributed by atoms with van der Waals surface area (Å²) in [5.41, 5.74) is 6.73. The number of benzene rings is 2. The fourth-order valence-corrected chi connectivity index (χ4v) is 3.36. The summed E-state index contributed by atoms with van der Waals surface area (Å²) in [7, 11) is 3.16. The van der Waals surface area contributed by atoms with Crippen molar-refractivity contribution in [3.8, 4) is 22.6 Å². The first-order valence-electron chi connectivity index (χ1n) is 9.09. The molecule has 0 saturated carbocycles. The van der Waals surface area contributed by atoms with Crippen LogP contribution in [0.15, 0.2) is 30.9 Å². The van der Waals surface area contributed by atoms with E-state index in [0.29, 0.717) is 11.2 Å². The Balaban J connectivity index is 1.95. The third-order valence-corrected chi connectivity index (χ3v) is 5.03. The standard InChI is InChI=1S/C20H17ClF2N6O2/c1-9(20-27-8-29(2)28-20)31-18-13(30-3)6-11(17-14(18)19(24)26-7-25-17)10-4-5-12(22)15(21)16(10)23/h4-9H,1-3H3,(H2,24,25,26)/t9-/m0/s1. The highest BCUT2D eigenvalue weighted by Crippen LogP contribution is 2.45. The van der Waals surface area contributed by atoms with Gasteiger partial charge in [0, 0.05) is 18.2 Å². The van der Waals surface area contributed by atoms with Crippen LogP contribution in [-0.2, 0) is 7.05 Å². The number of ether oxygens (including phenoxy) is 2. The molecule has 0 aliphatic rings. The summed E-state index contributed by atoms with van der Waals surface area (Å²) in [6.45, 7) is 1.76. The summed E-state index contributed by atoms with van der Waals surface area (Å²) in [5.74, 6) is -0.782. The number of aryl methyl sites for hydroxylation is 1. The predicted molar refractivity (Wildman–Crippen MR) is 111 cm³/mol. The number of hydrogen-bond donors (Lipinski definition) is 1. The molecule has 160 valence electrons. The lowest BCUT2D eigenvalue weighted by Crippen LogP contribution is -2.09. The van der Waals surface area contributed by atoms with Gasteiger partial charge in [-0.15, -0.1) is 0 Å². The molecule has 0 spiro atoms. The molecule has 4 rings (SSSR count). The Kier molecular flexibility index (Phi) is 5.32. The van der Waals surface area contributed by atoms with E-state index in [1.807, 2.05) is 0 Å². The Bertz CT molecular complexity index is 1300. The van der Waals surface area contributed by atoms with Gasteiger partial charge in [0.1, 0.15) is 29.3 Å². The van der Waals surface area contributed by atoms with Crippen molar-refractivity contribution in [3.05, 3.63) is 53.3 Å². The van der Waals surface area contributed by atoms with Crippen LogP contribution in [0, 0.1) is 11.6 Å². The molecule has 1 atom stereocenters. The van der Waals surface area contributed by atoms with Crippen molar-refractivity contribution in [1.82, 2.24) is 24.7 Å². The van der Waals surface area contributed by atoms with Gasteiger partial charge in [-0.1, -0.05) is 11.6 Å². The molecule has 0 aliphatic carbocycles. The smallest absolute Gasteiger partial charge is 0.191 e. The lowest BCUT2D eigenvalue weighted by atomic mass is 10.00. The summed E-state index contributed by atoms with van der Waals surface area (Å²) in [4.78, 5) is 12.5. The average molecular weight is 447 g/mol. The Labute approximate surface area is 180 Å². The molecule has 2 heterocycles. The highest BCUT2D eigenvalue weighted by atomic mass is 35.5. The highest BCUT2D eigenvalue weighted by molar-refractivity contribution is 6.31. The van der Waals surface area contributed by atoms with Gasteiger partial charge in [0.15, 0.2) is 29.2 Å². The van der Waals surface area contributed by atoms with Gasteiger partial charge in [0.05, 0.1) is 18.0 Å². The number of nitrogens with two attached hydrogens (primary N) is 1. The minimum Gasteiger partial charge on any atom is -0.493 e. The molecule has 2 aromatic heterocycles. The molecule has 4 aromatic rings. The van der Waals surface area contributed by atoms with Crippen molar-refractivity contribution >= 4 is 28.3 Å². The van der Waals surface area contributed by atoms with Crippen LogP contribution in [0.4, 0.5) is 14.6 Å². The lowest BCUT2D eigenvalue weighted by Gasteiger charge is -2.19. The molecule has 0 saturated heterocycles. The van der Waals surface area contributed by atoms with Gasteiger partial charge in [-0.25, -0.2) is 23.7 Å².